The van der Waals surface area contributed by atoms with Crippen LogP contribution >= 0.6 is 0 Å². The summed E-state index contributed by atoms with van der Waals surface area (Å²) in [4.78, 5) is 51.8. The Hall–Kier alpha value is -5.13. The number of benzene rings is 2. The van der Waals surface area contributed by atoms with Crippen LogP contribution in [0.25, 0.3) is 28.0 Å². The van der Waals surface area contributed by atoms with Crippen molar-refractivity contribution in [3.05, 3.63) is 94.0 Å². The summed E-state index contributed by atoms with van der Waals surface area (Å²) in [6.07, 6.45) is 0.626. The molecule has 4 aromatic rings. The Bertz CT molecular complexity index is 1880. The number of aromatic nitrogens is 3. The van der Waals surface area contributed by atoms with E-state index in [1.165, 1.54) is 23.1 Å². The number of hydrogen-bond donors (Lipinski definition) is 1. The Morgan fingerprint density at radius 3 is 2.37 bits per heavy atom. The fourth-order valence-electron chi connectivity index (χ4n) is 5.56. The third kappa shape index (κ3) is 6.46. The van der Waals surface area contributed by atoms with E-state index in [4.69, 9.17) is 14.7 Å². The molecule has 10 nitrogen and oxygen atoms in total. The van der Waals surface area contributed by atoms with Crippen LogP contribution in [0.3, 0.4) is 0 Å². The molecule has 0 unspecified atom stereocenters. The minimum atomic E-state index is -0.926. The van der Waals surface area contributed by atoms with Crippen LogP contribution in [0, 0.1) is 18.6 Å². The molecule has 1 fully saturated rings. The van der Waals surface area contributed by atoms with E-state index in [2.05, 4.69) is 11.9 Å². The van der Waals surface area contributed by atoms with E-state index < -0.39 is 29.0 Å². The number of aryl methyl sites for hydroxylation is 1. The van der Waals surface area contributed by atoms with Gasteiger partial charge in [0.05, 0.1) is 11.5 Å². The highest BCUT2D eigenvalue weighted by molar-refractivity contribution is 5.98. The smallest absolute Gasteiger partial charge is 0.414 e. The summed E-state index contributed by atoms with van der Waals surface area (Å²) < 4.78 is 36.4. The van der Waals surface area contributed by atoms with Gasteiger partial charge in [0.1, 0.15) is 17.3 Å². The van der Waals surface area contributed by atoms with Crippen molar-refractivity contribution in [2.24, 2.45) is 0 Å². The molecule has 1 aliphatic rings. The molecule has 0 atom stereocenters. The van der Waals surface area contributed by atoms with Crippen molar-refractivity contribution < 1.29 is 23.1 Å². The lowest BCUT2D eigenvalue weighted by molar-refractivity contribution is 0.0943. The molecule has 1 aliphatic heterocycles. The Morgan fingerprint density at radius 1 is 1.07 bits per heavy atom. The van der Waals surface area contributed by atoms with Gasteiger partial charge < -0.3 is 19.9 Å². The molecule has 46 heavy (non-hydrogen) atoms. The second-order valence-electron chi connectivity index (χ2n) is 11.7. The predicted molar refractivity (Wildman–Crippen MR) is 172 cm³/mol. The highest BCUT2D eigenvalue weighted by Crippen LogP contribution is 2.33. The molecule has 1 N–H and O–H groups in total. The summed E-state index contributed by atoms with van der Waals surface area (Å²) in [7, 11) is 1.67. The highest BCUT2D eigenvalue weighted by Gasteiger charge is 2.29. The summed E-state index contributed by atoms with van der Waals surface area (Å²) in [6.45, 7) is 11.7. The van der Waals surface area contributed by atoms with Crippen molar-refractivity contribution in [3.8, 4) is 16.9 Å². The number of piperidine rings is 1. The molecule has 5 rings (SSSR count). The number of ether oxygens (including phenoxy) is 1. The first-order valence-corrected chi connectivity index (χ1v) is 15.0. The zero-order valence-electron chi connectivity index (χ0n) is 26.4. The number of amides is 2. The van der Waals surface area contributed by atoms with Crippen LogP contribution in [0.1, 0.15) is 49.5 Å². The summed E-state index contributed by atoms with van der Waals surface area (Å²) in [6, 6.07) is 11.2. The van der Waals surface area contributed by atoms with Crippen LogP contribution in [0.5, 0.6) is 0 Å². The molecule has 2 aromatic heterocycles. The van der Waals surface area contributed by atoms with Gasteiger partial charge in [0.15, 0.2) is 5.65 Å². The van der Waals surface area contributed by atoms with Crippen molar-refractivity contribution in [2.45, 2.75) is 52.6 Å². The number of allylic oxidation sites excluding steroid dienone is 1. The standard InChI is InChI=1S/C34H36F2N6O4/c1-19(2)37-32(44)22-11-10-21(5)25(18-22)29-24-12-13-28(43)42(30-26(35)8-7-9-27(30)36)31(24)39-33(38-29)41-16-14-23(15-17-41)40(6)34(45)46-20(3)4/h7-13,18-19,23H,3,14-17H2,1-2,4-6H3,(H,37,44). The van der Waals surface area contributed by atoms with E-state index in [1.54, 1.807) is 32.2 Å². The Balaban J connectivity index is 1.67. The number of carbonyl (C=O) groups excluding carboxylic acids is 2. The Kier molecular flexibility index (Phi) is 9.17. The van der Waals surface area contributed by atoms with Crippen molar-refractivity contribution >= 4 is 29.0 Å². The molecule has 12 heteroatoms. The molecular formula is C34H36F2N6O4. The Morgan fingerprint density at radius 2 is 1.74 bits per heavy atom. The van der Waals surface area contributed by atoms with Gasteiger partial charge in [-0.3, -0.25) is 14.2 Å². The first kappa shape index (κ1) is 32.3. The molecular weight excluding hydrogens is 594 g/mol. The molecule has 3 heterocycles. The van der Waals surface area contributed by atoms with Crippen molar-refractivity contribution in [2.75, 3.05) is 25.0 Å². The van der Waals surface area contributed by atoms with Gasteiger partial charge in [0.2, 0.25) is 5.95 Å². The SMILES string of the molecule is C=C(C)OC(=O)N(C)C1CCN(c2nc(-c3cc(C(=O)NC(C)C)ccc3C)c3ccc(=O)n(-c4c(F)cccc4F)c3n2)CC1. The molecule has 2 amide bonds. The number of carbonyl (C=O) groups is 2. The normalized spacial score (nSPS) is 13.6. The first-order chi connectivity index (χ1) is 21.8. The minimum Gasteiger partial charge on any atom is -0.416 e. The minimum absolute atomic E-state index is 0.0113. The number of rotatable bonds is 7. The maximum atomic E-state index is 15.1. The topological polar surface area (TPSA) is 110 Å². The van der Waals surface area contributed by atoms with Crippen LogP contribution in [-0.2, 0) is 4.74 Å². The van der Waals surface area contributed by atoms with Crippen LogP contribution in [-0.4, -0.2) is 63.7 Å². The zero-order chi connectivity index (χ0) is 33.3. The van der Waals surface area contributed by atoms with E-state index in [-0.39, 0.29) is 29.6 Å². The monoisotopic (exact) mass is 630 g/mol. The molecule has 0 bridgehead atoms. The van der Waals surface area contributed by atoms with Crippen LogP contribution in [0.2, 0.25) is 0 Å². The predicted octanol–water partition coefficient (Wildman–Crippen LogP) is 5.74. The van der Waals surface area contributed by atoms with E-state index >= 15 is 8.78 Å². The number of para-hydroxylation sites is 1. The number of pyridine rings is 1. The van der Waals surface area contributed by atoms with Gasteiger partial charge in [-0.05, 0) is 76.4 Å². The number of nitrogens with one attached hydrogen (secondary N) is 1. The van der Waals surface area contributed by atoms with Gasteiger partial charge in [-0.15, -0.1) is 0 Å². The summed E-state index contributed by atoms with van der Waals surface area (Å²) in [5.74, 6) is -1.59. The Labute approximate surface area is 265 Å². The maximum Gasteiger partial charge on any atom is 0.414 e. The number of nitrogens with zero attached hydrogens (tertiary/aromatic N) is 5. The van der Waals surface area contributed by atoms with Gasteiger partial charge in [-0.2, -0.15) is 4.98 Å². The lowest BCUT2D eigenvalue weighted by atomic mass is 9.99. The van der Waals surface area contributed by atoms with Gasteiger partial charge in [-0.1, -0.05) is 18.7 Å². The lowest BCUT2D eigenvalue weighted by Gasteiger charge is -2.36. The largest absolute Gasteiger partial charge is 0.416 e. The molecule has 0 radical (unpaired) electrons. The summed E-state index contributed by atoms with van der Waals surface area (Å²) in [5.41, 5.74) is 0.974. The number of fused-ring (bicyclic) bond motifs is 1. The molecule has 2 aromatic carbocycles. The molecule has 1 saturated heterocycles. The van der Waals surface area contributed by atoms with Crippen molar-refractivity contribution in [3.63, 3.8) is 0 Å². The van der Waals surface area contributed by atoms with Gasteiger partial charge in [0, 0.05) is 54.8 Å². The quantitative estimate of drug-likeness (QED) is 0.259. The highest BCUT2D eigenvalue weighted by atomic mass is 19.1. The van der Waals surface area contributed by atoms with Gasteiger partial charge in [-0.25, -0.2) is 18.6 Å². The van der Waals surface area contributed by atoms with Crippen molar-refractivity contribution in [1.29, 1.82) is 0 Å². The number of anilines is 1. The number of hydrogen-bond acceptors (Lipinski definition) is 7. The van der Waals surface area contributed by atoms with E-state index in [9.17, 15) is 14.4 Å². The molecule has 0 saturated carbocycles. The van der Waals surface area contributed by atoms with Gasteiger partial charge >= 0.3 is 6.09 Å². The fraction of sp³-hybridized carbons (Fsp3) is 0.324. The van der Waals surface area contributed by atoms with E-state index in [1.807, 2.05) is 25.7 Å². The van der Waals surface area contributed by atoms with Gasteiger partial charge in [0.25, 0.3) is 11.5 Å². The summed E-state index contributed by atoms with van der Waals surface area (Å²) in [5, 5.41) is 3.26. The molecule has 240 valence electrons. The second kappa shape index (κ2) is 13.1. The van der Waals surface area contributed by atoms with E-state index in [0.29, 0.717) is 53.9 Å². The summed E-state index contributed by atoms with van der Waals surface area (Å²) >= 11 is 0. The molecule has 0 aliphatic carbocycles. The van der Waals surface area contributed by atoms with E-state index in [0.717, 1.165) is 22.3 Å². The third-order valence-corrected chi connectivity index (χ3v) is 7.92. The third-order valence-electron chi connectivity index (χ3n) is 7.92. The lowest BCUT2D eigenvalue weighted by Crippen LogP contribution is -2.46. The molecule has 0 spiro atoms. The first-order valence-electron chi connectivity index (χ1n) is 15.0. The number of halogens is 2. The van der Waals surface area contributed by atoms with Crippen LogP contribution < -0.4 is 15.8 Å². The fourth-order valence-corrected chi connectivity index (χ4v) is 5.56. The average molecular weight is 631 g/mol. The zero-order valence-corrected chi connectivity index (χ0v) is 26.4. The van der Waals surface area contributed by atoms with Crippen LogP contribution in [0.15, 0.2) is 65.7 Å². The maximum absolute atomic E-state index is 15.1. The van der Waals surface area contributed by atoms with Crippen LogP contribution in [0.4, 0.5) is 19.5 Å². The van der Waals surface area contributed by atoms with Crippen molar-refractivity contribution in [1.82, 2.24) is 24.8 Å². The second-order valence-corrected chi connectivity index (χ2v) is 11.7. The average Bonchev–Trinajstić information content (AvgIpc) is 3.00.